The van der Waals surface area contributed by atoms with Gasteiger partial charge in [0, 0.05) is 36.6 Å². The summed E-state index contributed by atoms with van der Waals surface area (Å²) in [6.45, 7) is 3.10. The molecule has 7 rings (SSSR count). The third-order valence-electron chi connectivity index (χ3n) is 12.3. The third kappa shape index (κ3) is 4.20. The third-order valence-corrected chi connectivity index (χ3v) is 12.3. The molecule has 7 fully saturated rings. The number of ether oxygens (including phenoxy) is 2. The number of carboxylic acids is 1. The lowest BCUT2D eigenvalue weighted by molar-refractivity contribution is -0.282. The number of carbonyl (C=O) groups is 1. The molecule has 2 saturated heterocycles. The van der Waals surface area contributed by atoms with E-state index < -0.39 is 12.1 Å². The number of hydrogen-bond acceptors (Lipinski definition) is 6. The van der Waals surface area contributed by atoms with Crippen LogP contribution in [0.3, 0.4) is 0 Å². The zero-order valence-corrected chi connectivity index (χ0v) is 23.2. The molecule has 7 nitrogen and oxygen atoms in total. The van der Waals surface area contributed by atoms with E-state index in [-0.39, 0.29) is 35.8 Å². The number of nitrogens with one attached hydrogen (secondary N) is 1. The number of rotatable bonds is 10. The Balaban J connectivity index is 1.20. The lowest BCUT2D eigenvalue weighted by Gasteiger charge is -2.70. The van der Waals surface area contributed by atoms with Crippen LogP contribution < -0.4 is 5.32 Å². The van der Waals surface area contributed by atoms with E-state index in [2.05, 4.69) is 10.2 Å². The Morgan fingerprint density at radius 1 is 1.03 bits per heavy atom. The van der Waals surface area contributed by atoms with Crippen molar-refractivity contribution < 1.29 is 24.5 Å². The lowest BCUT2D eigenvalue weighted by Crippen LogP contribution is -2.79. The van der Waals surface area contributed by atoms with Gasteiger partial charge in [-0.2, -0.15) is 0 Å². The lowest BCUT2D eigenvalue weighted by atomic mass is 9.42. The normalized spacial score (nSPS) is 46.6. The van der Waals surface area contributed by atoms with Crippen LogP contribution in [0.2, 0.25) is 0 Å². The van der Waals surface area contributed by atoms with Crippen molar-refractivity contribution in [3.8, 4) is 0 Å². The topological polar surface area (TPSA) is 91.3 Å². The minimum absolute atomic E-state index is 0.0113. The van der Waals surface area contributed by atoms with Crippen LogP contribution in [0.1, 0.15) is 96.3 Å². The van der Waals surface area contributed by atoms with E-state index in [4.69, 9.17) is 9.47 Å². The predicted molar refractivity (Wildman–Crippen MR) is 144 cm³/mol. The van der Waals surface area contributed by atoms with Crippen molar-refractivity contribution in [1.82, 2.24) is 10.2 Å². The number of aliphatic hydroxyl groups is 1. The van der Waals surface area contributed by atoms with Gasteiger partial charge in [-0.1, -0.05) is 32.1 Å². The summed E-state index contributed by atoms with van der Waals surface area (Å²) < 4.78 is 14.3. The number of carboxylic acid groups (broad SMARTS) is 1. The Morgan fingerprint density at radius 3 is 2.66 bits per heavy atom. The second-order valence-corrected chi connectivity index (χ2v) is 14.2. The molecule has 0 amide bonds. The molecule has 5 aliphatic carbocycles. The summed E-state index contributed by atoms with van der Waals surface area (Å²) in [5.74, 6) is 1.81. The molecule has 0 aromatic heterocycles. The fourth-order valence-electron chi connectivity index (χ4n) is 10.7. The summed E-state index contributed by atoms with van der Waals surface area (Å²) in [7, 11) is 0. The fraction of sp³-hybridized carbons (Fsp3) is 0.968. The summed E-state index contributed by atoms with van der Waals surface area (Å²) in [6, 6.07) is 0.436. The van der Waals surface area contributed by atoms with Crippen LogP contribution in [-0.2, 0) is 14.3 Å². The number of aliphatic carboxylic acids is 1. The van der Waals surface area contributed by atoms with Gasteiger partial charge in [0.2, 0.25) is 0 Å². The van der Waals surface area contributed by atoms with E-state index >= 15 is 0 Å². The highest BCUT2D eigenvalue weighted by Crippen LogP contribution is 2.71. The Bertz CT molecular complexity index is 876. The van der Waals surface area contributed by atoms with Gasteiger partial charge in [-0.25, -0.2) is 0 Å². The van der Waals surface area contributed by atoms with Gasteiger partial charge in [-0.15, -0.1) is 0 Å². The van der Waals surface area contributed by atoms with Crippen LogP contribution >= 0.6 is 0 Å². The fourth-order valence-corrected chi connectivity index (χ4v) is 10.7. The first-order valence-electron chi connectivity index (χ1n) is 16.2. The summed E-state index contributed by atoms with van der Waals surface area (Å²) in [5.41, 5.74) is -0.377. The standard InChI is InChI=1S/C31H50N2O5/c34-24-11-10-22-17-25-31(37-16-4-7-20-5-2-1-3-6-20)13-12-23(32-18-26(35)36)29-30(31,27(22)28(24)38-29)14-15-33(25)19-21-8-9-21/h20-25,27-29,32,34H,1-19H2,(H,35,36)/t22?,23-,24?,25?,27?,28?,29+,30+,31-/m1/s1. The molecule has 0 aromatic carbocycles. The summed E-state index contributed by atoms with van der Waals surface area (Å²) in [6.07, 6.45) is 17.5. The number of piperidine rings is 1. The van der Waals surface area contributed by atoms with E-state index in [0.29, 0.717) is 17.9 Å². The maximum absolute atomic E-state index is 11.5. The Kier molecular flexibility index (Phi) is 7.08. The zero-order valence-electron chi connectivity index (χ0n) is 23.2. The van der Waals surface area contributed by atoms with Crippen molar-refractivity contribution in [1.29, 1.82) is 0 Å². The molecule has 0 radical (unpaired) electrons. The monoisotopic (exact) mass is 530 g/mol. The summed E-state index contributed by atoms with van der Waals surface area (Å²) in [4.78, 5) is 14.3. The SMILES string of the molecule is O=C(O)CN[C@@H]1CC[C@@]2(OCCCC3CCCCC3)C3CC4CCC(O)C5O[C@@H]1[C@]2(CCN3CC1CC1)C45. The van der Waals surface area contributed by atoms with E-state index in [1.165, 1.54) is 64.3 Å². The van der Waals surface area contributed by atoms with Gasteiger partial charge >= 0.3 is 5.97 Å². The molecule has 3 N–H and O–H groups in total. The molecule has 38 heavy (non-hydrogen) atoms. The number of nitrogens with zero attached hydrogens (tertiary/aromatic N) is 1. The highest BCUT2D eigenvalue weighted by atomic mass is 16.5. The Morgan fingerprint density at radius 2 is 1.87 bits per heavy atom. The minimum atomic E-state index is -0.813. The molecule has 9 atom stereocenters. The van der Waals surface area contributed by atoms with Crippen molar-refractivity contribution in [2.75, 3.05) is 26.2 Å². The average molecular weight is 531 g/mol. The first kappa shape index (κ1) is 26.2. The zero-order chi connectivity index (χ0) is 25.9. The highest BCUT2D eigenvalue weighted by Gasteiger charge is 2.78. The molecular weight excluding hydrogens is 480 g/mol. The Labute approximate surface area is 228 Å². The number of likely N-dealkylation sites (tertiary alicyclic amines) is 1. The van der Waals surface area contributed by atoms with Crippen LogP contribution in [0.25, 0.3) is 0 Å². The van der Waals surface area contributed by atoms with Crippen molar-refractivity contribution in [3.63, 3.8) is 0 Å². The van der Waals surface area contributed by atoms with Gasteiger partial charge in [-0.05, 0) is 88.5 Å². The van der Waals surface area contributed by atoms with Crippen LogP contribution in [0.15, 0.2) is 0 Å². The number of hydrogen-bond donors (Lipinski definition) is 3. The van der Waals surface area contributed by atoms with Gasteiger partial charge in [-0.3, -0.25) is 9.69 Å². The van der Waals surface area contributed by atoms with Crippen LogP contribution in [0, 0.1) is 29.1 Å². The van der Waals surface area contributed by atoms with Crippen LogP contribution in [0.4, 0.5) is 0 Å². The second-order valence-electron chi connectivity index (χ2n) is 14.2. The van der Waals surface area contributed by atoms with Crippen molar-refractivity contribution >= 4 is 5.97 Å². The number of aliphatic hydroxyl groups excluding tert-OH is 1. The van der Waals surface area contributed by atoms with Crippen molar-refractivity contribution in [2.45, 2.75) is 132 Å². The first-order chi connectivity index (χ1) is 18.5. The highest BCUT2D eigenvalue weighted by molar-refractivity contribution is 5.69. The molecule has 0 aromatic rings. The van der Waals surface area contributed by atoms with E-state index in [1.807, 2.05) is 0 Å². The van der Waals surface area contributed by atoms with E-state index in [9.17, 15) is 15.0 Å². The average Bonchev–Trinajstić information content (AvgIpc) is 3.66. The van der Waals surface area contributed by atoms with Crippen molar-refractivity contribution in [3.05, 3.63) is 0 Å². The molecule has 214 valence electrons. The largest absolute Gasteiger partial charge is 0.480 e. The van der Waals surface area contributed by atoms with Crippen molar-refractivity contribution in [2.24, 2.45) is 29.1 Å². The molecule has 2 bridgehead atoms. The maximum atomic E-state index is 11.5. The predicted octanol–water partition coefficient (Wildman–Crippen LogP) is 3.97. The quantitative estimate of drug-likeness (QED) is 0.368. The van der Waals surface area contributed by atoms with Gasteiger partial charge in [0.15, 0.2) is 0 Å². The van der Waals surface area contributed by atoms with Gasteiger partial charge < -0.3 is 25.0 Å². The second kappa shape index (κ2) is 10.3. The molecular formula is C31H50N2O5. The smallest absolute Gasteiger partial charge is 0.317 e. The molecule has 1 spiro atoms. The van der Waals surface area contributed by atoms with Gasteiger partial charge in [0.1, 0.15) is 0 Å². The maximum Gasteiger partial charge on any atom is 0.317 e. The van der Waals surface area contributed by atoms with E-state index in [1.54, 1.807) is 0 Å². The first-order valence-corrected chi connectivity index (χ1v) is 16.2. The van der Waals surface area contributed by atoms with Crippen LogP contribution in [-0.4, -0.2) is 83.3 Å². The molecule has 7 heteroatoms. The molecule has 2 heterocycles. The molecule has 5 unspecified atom stereocenters. The van der Waals surface area contributed by atoms with Crippen LogP contribution in [0.5, 0.6) is 0 Å². The molecule has 2 aliphatic heterocycles. The summed E-state index contributed by atoms with van der Waals surface area (Å²) in [5, 5.41) is 24.0. The van der Waals surface area contributed by atoms with Gasteiger partial charge in [0.25, 0.3) is 0 Å². The molecule has 7 aliphatic rings. The Hall–Kier alpha value is -0.730. The minimum Gasteiger partial charge on any atom is -0.480 e. The summed E-state index contributed by atoms with van der Waals surface area (Å²) >= 11 is 0. The molecule has 5 saturated carbocycles. The van der Waals surface area contributed by atoms with Gasteiger partial charge in [0.05, 0.1) is 30.5 Å². The van der Waals surface area contributed by atoms with E-state index in [0.717, 1.165) is 63.5 Å².